The Morgan fingerprint density at radius 3 is 2.67 bits per heavy atom. The molecule has 0 radical (unpaired) electrons. The molecule has 0 spiro atoms. The van der Waals surface area contributed by atoms with Crippen molar-refractivity contribution < 1.29 is 9.47 Å². The average Bonchev–Trinajstić information content (AvgIpc) is 2.49. The number of hydrogen-bond donors (Lipinski definition) is 0. The highest BCUT2D eigenvalue weighted by Gasteiger charge is 2.07. The number of benzene rings is 1. The van der Waals surface area contributed by atoms with Gasteiger partial charge in [-0.25, -0.2) is 4.98 Å². The van der Waals surface area contributed by atoms with Gasteiger partial charge in [0.25, 0.3) is 11.6 Å². The summed E-state index contributed by atoms with van der Waals surface area (Å²) in [6.45, 7) is 2.36. The summed E-state index contributed by atoms with van der Waals surface area (Å²) < 4.78 is 12.1. The van der Waals surface area contributed by atoms with Crippen molar-refractivity contribution in [2.24, 2.45) is 0 Å². The van der Waals surface area contributed by atoms with Crippen LogP contribution in [-0.4, -0.2) is 23.3 Å². The topological polar surface area (TPSA) is 77.1 Å². The zero-order valence-corrected chi connectivity index (χ0v) is 11.9. The maximum absolute atomic E-state index is 11.9. The molecule has 6 nitrogen and oxygen atoms in total. The molecule has 0 aliphatic rings. The predicted octanol–water partition coefficient (Wildman–Crippen LogP) is 1.51. The minimum Gasteiger partial charge on any atom is -0.492 e. The van der Waals surface area contributed by atoms with Crippen LogP contribution in [0.4, 0.5) is 0 Å². The van der Waals surface area contributed by atoms with Gasteiger partial charge in [0.2, 0.25) is 0 Å². The van der Waals surface area contributed by atoms with Crippen LogP contribution in [-0.2, 0) is 6.54 Å². The highest BCUT2D eigenvalue weighted by atomic mass is 16.5. The molecule has 0 atom stereocenters. The largest absolute Gasteiger partial charge is 0.492 e. The number of hydrogen-bond acceptors (Lipinski definition) is 5. The van der Waals surface area contributed by atoms with Gasteiger partial charge in [-0.1, -0.05) is 0 Å². The first-order chi connectivity index (χ1) is 10.1. The molecule has 1 heterocycles. The summed E-state index contributed by atoms with van der Waals surface area (Å²) >= 11 is 0. The van der Waals surface area contributed by atoms with Crippen LogP contribution in [0.3, 0.4) is 0 Å². The van der Waals surface area contributed by atoms with Crippen LogP contribution in [0.5, 0.6) is 11.8 Å². The standard InChI is InChI=1S/C15H15N3O3/c1-11-9-14(19)18(15(17-11)20-2)7-8-21-13-5-3-12(10-16)4-6-13/h3-6,9H,7-8H2,1-2H3. The third-order valence-corrected chi connectivity index (χ3v) is 2.85. The summed E-state index contributed by atoms with van der Waals surface area (Å²) in [5.41, 5.74) is 1.01. The molecule has 0 aliphatic carbocycles. The maximum Gasteiger partial charge on any atom is 0.299 e. The van der Waals surface area contributed by atoms with Gasteiger partial charge in [-0.3, -0.25) is 9.36 Å². The van der Waals surface area contributed by atoms with E-state index in [0.717, 1.165) is 0 Å². The lowest BCUT2D eigenvalue weighted by atomic mass is 10.2. The van der Waals surface area contributed by atoms with E-state index in [2.05, 4.69) is 4.98 Å². The van der Waals surface area contributed by atoms with E-state index in [1.165, 1.54) is 17.7 Å². The van der Waals surface area contributed by atoms with Crippen molar-refractivity contribution in [3.05, 3.63) is 51.9 Å². The second-order valence-electron chi connectivity index (χ2n) is 4.36. The van der Waals surface area contributed by atoms with Crippen LogP contribution in [0, 0.1) is 18.3 Å². The number of ether oxygens (including phenoxy) is 2. The highest BCUT2D eigenvalue weighted by Crippen LogP contribution is 2.12. The Hall–Kier alpha value is -2.81. The number of methoxy groups -OCH3 is 1. The first-order valence-electron chi connectivity index (χ1n) is 6.39. The van der Waals surface area contributed by atoms with Gasteiger partial charge in [-0.15, -0.1) is 0 Å². The minimum atomic E-state index is -0.178. The second kappa shape index (κ2) is 6.57. The lowest BCUT2D eigenvalue weighted by Crippen LogP contribution is -2.25. The third kappa shape index (κ3) is 3.60. The first-order valence-corrected chi connectivity index (χ1v) is 6.39. The molecule has 0 fully saturated rings. The van der Waals surface area contributed by atoms with Crippen molar-refractivity contribution in [3.8, 4) is 17.8 Å². The summed E-state index contributed by atoms with van der Waals surface area (Å²) in [5, 5.41) is 8.71. The Balaban J connectivity index is 2.03. The highest BCUT2D eigenvalue weighted by molar-refractivity contribution is 5.34. The summed E-state index contributed by atoms with van der Waals surface area (Å²) in [4.78, 5) is 16.0. The van der Waals surface area contributed by atoms with Crippen molar-refractivity contribution in [2.45, 2.75) is 13.5 Å². The van der Waals surface area contributed by atoms with E-state index in [0.29, 0.717) is 30.2 Å². The lowest BCUT2D eigenvalue weighted by molar-refractivity contribution is 0.274. The van der Waals surface area contributed by atoms with E-state index in [9.17, 15) is 4.79 Å². The quantitative estimate of drug-likeness (QED) is 0.832. The fraction of sp³-hybridized carbons (Fsp3) is 0.267. The summed E-state index contributed by atoms with van der Waals surface area (Å²) in [6.07, 6.45) is 0. The average molecular weight is 285 g/mol. The van der Waals surface area contributed by atoms with E-state index < -0.39 is 0 Å². The summed E-state index contributed by atoms with van der Waals surface area (Å²) in [7, 11) is 1.47. The molecule has 2 aromatic rings. The molecule has 0 unspecified atom stereocenters. The van der Waals surface area contributed by atoms with E-state index in [1.54, 1.807) is 31.2 Å². The summed E-state index contributed by atoms with van der Waals surface area (Å²) in [5.74, 6) is 0.640. The van der Waals surface area contributed by atoms with Crippen molar-refractivity contribution in [1.29, 1.82) is 5.26 Å². The van der Waals surface area contributed by atoms with E-state index >= 15 is 0 Å². The molecule has 0 saturated carbocycles. The molecule has 0 bridgehead atoms. The van der Waals surface area contributed by atoms with E-state index in [1.807, 2.05) is 6.07 Å². The zero-order valence-electron chi connectivity index (χ0n) is 11.9. The van der Waals surface area contributed by atoms with Gasteiger partial charge < -0.3 is 9.47 Å². The van der Waals surface area contributed by atoms with Gasteiger partial charge in [-0.2, -0.15) is 5.26 Å². The van der Waals surface area contributed by atoms with Crippen molar-refractivity contribution in [2.75, 3.05) is 13.7 Å². The van der Waals surface area contributed by atoms with Gasteiger partial charge in [0.1, 0.15) is 12.4 Å². The number of aryl methyl sites for hydroxylation is 1. The normalized spacial score (nSPS) is 9.95. The van der Waals surface area contributed by atoms with Gasteiger partial charge >= 0.3 is 0 Å². The van der Waals surface area contributed by atoms with E-state index in [-0.39, 0.29) is 11.6 Å². The van der Waals surface area contributed by atoms with Crippen LogP contribution in [0.2, 0.25) is 0 Å². The molecule has 0 N–H and O–H groups in total. The van der Waals surface area contributed by atoms with Crippen LogP contribution in [0.15, 0.2) is 35.1 Å². The number of nitrogens with zero attached hydrogens (tertiary/aromatic N) is 3. The molecule has 1 aromatic heterocycles. The molecule has 21 heavy (non-hydrogen) atoms. The molecule has 1 aromatic carbocycles. The Morgan fingerprint density at radius 1 is 1.33 bits per heavy atom. The molecule has 108 valence electrons. The smallest absolute Gasteiger partial charge is 0.299 e. The van der Waals surface area contributed by atoms with Gasteiger partial charge in [0.15, 0.2) is 0 Å². The Morgan fingerprint density at radius 2 is 2.05 bits per heavy atom. The van der Waals surface area contributed by atoms with Crippen LogP contribution in [0.1, 0.15) is 11.3 Å². The Labute approximate surface area is 122 Å². The maximum atomic E-state index is 11.9. The van der Waals surface area contributed by atoms with Crippen LogP contribution >= 0.6 is 0 Å². The van der Waals surface area contributed by atoms with Gasteiger partial charge in [0, 0.05) is 11.8 Å². The molecule has 0 saturated heterocycles. The minimum absolute atomic E-state index is 0.178. The predicted molar refractivity (Wildman–Crippen MR) is 76.4 cm³/mol. The fourth-order valence-corrected chi connectivity index (χ4v) is 1.84. The molecule has 0 aliphatic heterocycles. The second-order valence-corrected chi connectivity index (χ2v) is 4.36. The van der Waals surface area contributed by atoms with Crippen LogP contribution in [0.25, 0.3) is 0 Å². The van der Waals surface area contributed by atoms with Crippen LogP contribution < -0.4 is 15.0 Å². The molecule has 6 heteroatoms. The SMILES string of the molecule is COc1nc(C)cc(=O)n1CCOc1ccc(C#N)cc1. The zero-order chi connectivity index (χ0) is 15.2. The number of aromatic nitrogens is 2. The first kappa shape index (κ1) is 14.6. The number of nitriles is 1. The number of rotatable bonds is 5. The molecular formula is C15H15N3O3. The molecule has 0 amide bonds. The molecule has 2 rings (SSSR count). The Kier molecular flexibility index (Phi) is 4.57. The van der Waals surface area contributed by atoms with Crippen molar-refractivity contribution in [3.63, 3.8) is 0 Å². The Bertz CT molecular complexity index is 714. The van der Waals surface area contributed by atoms with Crippen molar-refractivity contribution >= 4 is 0 Å². The van der Waals surface area contributed by atoms with Gasteiger partial charge in [-0.05, 0) is 31.2 Å². The fourth-order valence-electron chi connectivity index (χ4n) is 1.84. The molecular weight excluding hydrogens is 270 g/mol. The monoisotopic (exact) mass is 285 g/mol. The lowest BCUT2D eigenvalue weighted by Gasteiger charge is -2.11. The summed E-state index contributed by atoms with van der Waals surface area (Å²) in [6, 6.07) is 10.5. The van der Waals surface area contributed by atoms with E-state index in [4.69, 9.17) is 14.7 Å². The van der Waals surface area contributed by atoms with Gasteiger partial charge in [0.05, 0.1) is 25.3 Å². The van der Waals surface area contributed by atoms with Crippen molar-refractivity contribution in [1.82, 2.24) is 9.55 Å². The third-order valence-electron chi connectivity index (χ3n) is 2.85.